The minimum atomic E-state index is -4.34. The Hall–Kier alpha value is -0.450. The second kappa shape index (κ2) is 5.32. The Morgan fingerprint density at radius 1 is 1.46 bits per heavy atom. The van der Waals surface area contributed by atoms with Crippen LogP contribution in [-0.2, 0) is 4.79 Å². The van der Waals surface area contributed by atoms with E-state index in [1.54, 1.807) is 0 Å². The molecule has 1 amide bonds. The van der Waals surface area contributed by atoms with Crippen LogP contribution < -0.4 is 0 Å². The monoisotopic (exact) mass is 217 g/mol. The lowest BCUT2D eigenvalue weighted by molar-refractivity contribution is -0.160. The van der Waals surface area contributed by atoms with E-state index in [-0.39, 0.29) is 18.8 Å². The van der Waals surface area contributed by atoms with Gasteiger partial charge in [0.1, 0.15) is 6.54 Å². The van der Waals surface area contributed by atoms with Gasteiger partial charge >= 0.3 is 6.18 Å². The van der Waals surface area contributed by atoms with Gasteiger partial charge in [-0.05, 0) is 6.92 Å². The first-order valence-corrected chi connectivity index (χ1v) is 4.34. The maximum absolute atomic E-state index is 11.9. The standard InChI is InChI=1S/C7H11ClF3NO/c1-2-12(5-7(9,10)11)6(13)3-4-8/h2-5H2,1H3. The lowest BCUT2D eigenvalue weighted by Crippen LogP contribution is -2.38. The van der Waals surface area contributed by atoms with Gasteiger partial charge in [-0.25, -0.2) is 0 Å². The van der Waals surface area contributed by atoms with Crippen molar-refractivity contribution in [3.05, 3.63) is 0 Å². The predicted molar refractivity (Wildman–Crippen MR) is 43.6 cm³/mol. The number of hydrogen-bond acceptors (Lipinski definition) is 1. The summed E-state index contributed by atoms with van der Waals surface area (Å²) in [5.74, 6) is -0.512. The quantitative estimate of drug-likeness (QED) is 0.660. The van der Waals surface area contributed by atoms with Crippen molar-refractivity contribution >= 4 is 17.5 Å². The van der Waals surface area contributed by atoms with Crippen LogP contribution in [0, 0.1) is 0 Å². The smallest absolute Gasteiger partial charge is 0.334 e. The molecule has 6 heteroatoms. The first-order valence-electron chi connectivity index (χ1n) is 3.81. The number of rotatable bonds is 4. The van der Waals surface area contributed by atoms with Crippen molar-refractivity contribution in [3.8, 4) is 0 Å². The Morgan fingerprint density at radius 2 is 2.00 bits per heavy atom. The number of carbonyl (C=O) groups is 1. The number of carbonyl (C=O) groups excluding carboxylic acids is 1. The number of amides is 1. The number of halogens is 4. The van der Waals surface area contributed by atoms with E-state index in [2.05, 4.69) is 0 Å². The van der Waals surface area contributed by atoms with E-state index in [1.165, 1.54) is 6.92 Å². The predicted octanol–water partition coefficient (Wildman–Crippen LogP) is 2.03. The minimum absolute atomic E-state index is 0.0488. The van der Waals surface area contributed by atoms with Crippen molar-refractivity contribution in [2.75, 3.05) is 19.0 Å². The fraction of sp³-hybridized carbons (Fsp3) is 0.857. The van der Waals surface area contributed by atoms with Crippen LogP contribution in [0.4, 0.5) is 13.2 Å². The van der Waals surface area contributed by atoms with E-state index in [4.69, 9.17) is 11.6 Å². The first kappa shape index (κ1) is 12.6. The van der Waals surface area contributed by atoms with E-state index < -0.39 is 18.6 Å². The SMILES string of the molecule is CCN(CC(F)(F)F)C(=O)CCCl. The Kier molecular flexibility index (Phi) is 5.13. The minimum Gasteiger partial charge on any atom is -0.334 e. The molecule has 0 fully saturated rings. The summed E-state index contributed by atoms with van der Waals surface area (Å²) in [5.41, 5.74) is 0. The van der Waals surface area contributed by atoms with Gasteiger partial charge in [0, 0.05) is 18.8 Å². The number of nitrogens with zero attached hydrogens (tertiary/aromatic N) is 1. The summed E-state index contributed by atoms with van der Waals surface area (Å²) in [6.45, 7) is 0.353. The second-order valence-corrected chi connectivity index (χ2v) is 2.84. The molecule has 0 aliphatic heterocycles. The van der Waals surface area contributed by atoms with Gasteiger partial charge in [-0.15, -0.1) is 11.6 Å². The van der Waals surface area contributed by atoms with Gasteiger partial charge in [-0.2, -0.15) is 13.2 Å². The van der Waals surface area contributed by atoms with Crippen LogP contribution in [0.3, 0.4) is 0 Å². The van der Waals surface area contributed by atoms with Crippen LogP contribution >= 0.6 is 11.6 Å². The third kappa shape index (κ3) is 5.74. The summed E-state index contributed by atoms with van der Waals surface area (Å²) < 4.78 is 35.6. The van der Waals surface area contributed by atoms with E-state index in [9.17, 15) is 18.0 Å². The van der Waals surface area contributed by atoms with Crippen molar-refractivity contribution in [2.24, 2.45) is 0 Å². The van der Waals surface area contributed by atoms with Crippen LogP contribution in [-0.4, -0.2) is 36.0 Å². The third-order valence-corrected chi connectivity index (χ3v) is 1.60. The fourth-order valence-electron chi connectivity index (χ4n) is 0.832. The van der Waals surface area contributed by atoms with Gasteiger partial charge in [0.15, 0.2) is 0 Å². The van der Waals surface area contributed by atoms with Gasteiger partial charge in [0.2, 0.25) is 5.91 Å². The van der Waals surface area contributed by atoms with Crippen molar-refractivity contribution in [3.63, 3.8) is 0 Å². The molecule has 0 unspecified atom stereocenters. The van der Waals surface area contributed by atoms with E-state index >= 15 is 0 Å². The average molecular weight is 218 g/mol. The highest BCUT2D eigenvalue weighted by Crippen LogP contribution is 2.16. The molecular formula is C7H11ClF3NO. The molecule has 0 radical (unpaired) electrons. The molecule has 0 aromatic rings. The highest BCUT2D eigenvalue weighted by molar-refractivity contribution is 6.18. The van der Waals surface area contributed by atoms with Crippen LogP contribution in [0.2, 0.25) is 0 Å². The Labute approximate surface area is 79.7 Å². The molecule has 0 spiro atoms. The number of alkyl halides is 4. The molecule has 2 nitrogen and oxygen atoms in total. The van der Waals surface area contributed by atoms with Gasteiger partial charge in [-0.3, -0.25) is 4.79 Å². The largest absolute Gasteiger partial charge is 0.406 e. The molecule has 13 heavy (non-hydrogen) atoms. The average Bonchev–Trinajstić information content (AvgIpc) is 1.99. The lowest BCUT2D eigenvalue weighted by Gasteiger charge is -2.21. The van der Waals surface area contributed by atoms with Crippen molar-refractivity contribution in [1.82, 2.24) is 4.90 Å². The van der Waals surface area contributed by atoms with Crippen LogP contribution in [0.25, 0.3) is 0 Å². The van der Waals surface area contributed by atoms with Crippen LogP contribution in [0.15, 0.2) is 0 Å². The van der Waals surface area contributed by atoms with Gasteiger partial charge < -0.3 is 4.90 Å². The van der Waals surface area contributed by atoms with Crippen LogP contribution in [0.1, 0.15) is 13.3 Å². The molecule has 0 bridgehead atoms. The van der Waals surface area contributed by atoms with E-state index in [0.29, 0.717) is 0 Å². The Morgan fingerprint density at radius 3 is 2.31 bits per heavy atom. The summed E-state index contributed by atoms with van der Waals surface area (Å²) in [4.78, 5) is 11.7. The molecule has 0 heterocycles. The zero-order chi connectivity index (χ0) is 10.5. The molecule has 0 aliphatic carbocycles. The molecule has 0 saturated heterocycles. The lowest BCUT2D eigenvalue weighted by atomic mass is 10.3. The molecular weight excluding hydrogens is 207 g/mol. The first-order chi connectivity index (χ1) is 5.90. The van der Waals surface area contributed by atoms with Crippen molar-refractivity contribution in [1.29, 1.82) is 0 Å². The van der Waals surface area contributed by atoms with Crippen molar-refractivity contribution < 1.29 is 18.0 Å². The highest BCUT2D eigenvalue weighted by atomic mass is 35.5. The molecule has 0 rings (SSSR count). The summed E-state index contributed by atoms with van der Waals surface area (Å²) in [5, 5.41) is 0. The molecule has 0 atom stereocenters. The summed E-state index contributed by atoms with van der Waals surface area (Å²) in [6.07, 6.45) is -4.39. The van der Waals surface area contributed by atoms with Crippen molar-refractivity contribution in [2.45, 2.75) is 19.5 Å². The summed E-state index contributed by atoms with van der Waals surface area (Å²) in [7, 11) is 0. The summed E-state index contributed by atoms with van der Waals surface area (Å²) >= 11 is 5.24. The fourth-order valence-corrected chi connectivity index (χ4v) is 0.993. The second-order valence-electron chi connectivity index (χ2n) is 2.46. The van der Waals surface area contributed by atoms with Crippen LogP contribution in [0.5, 0.6) is 0 Å². The molecule has 0 N–H and O–H groups in total. The molecule has 0 aromatic heterocycles. The normalized spacial score (nSPS) is 11.5. The molecule has 0 saturated carbocycles. The zero-order valence-corrected chi connectivity index (χ0v) is 7.95. The van der Waals surface area contributed by atoms with Gasteiger partial charge in [0.05, 0.1) is 0 Å². The summed E-state index contributed by atoms with van der Waals surface area (Å²) in [6, 6.07) is 0. The third-order valence-electron chi connectivity index (χ3n) is 1.41. The van der Waals surface area contributed by atoms with Gasteiger partial charge in [0.25, 0.3) is 0 Å². The zero-order valence-electron chi connectivity index (χ0n) is 7.20. The molecule has 0 aromatic carbocycles. The van der Waals surface area contributed by atoms with E-state index in [1.807, 2.05) is 0 Å². The maximum atomic E-state index is 11.9. The van der Waals surface area contributed by atoms with Gasteiger partial charge in [-0.1, -0.05) is 0 Å². The topological polar surface area (TPSA) is 20.3 Å². The van der Waals surface area contributed by atoms with E-state index in [0.717, 1.165) is 4.90 Å². The Bertz CT molecular complexity index is 172. The molecule has 0 aliphatic rings. The molecule has 78 valence electrons. The Balaban J connectivity index is 4.10. The number of hydrogen-bond donors (Lipinski definition) is 0. The maximum Gasteiger partial charge on any atom is 0.406 e. The highest BCUT2D eigenvalue weighted by Gasteiger charge is 2.31.